The molecule has 174 valence electrons. The highest BCUT2D eigenvalue weighted by atomic mass is 16.4. The topological polar surface area (TPSA) is 78.7 Å². The first-order chi connectivity index (χ1) is 15.6. The first kappa shape index (κ1) is 22.8. The molecular weight excluding hydrogens is 416 g/mol. The second-order valence-electron chi connectivity index (χ2n) is 10.0. The third kappa shape index (κ3) is 4.72. The van der Waals surface area contributed by atoms with Crippen molar-refractivity contribution in [2.24, 2.45) is 5.41 Å². The number of carboxylic acid groups (broad SMARTS) is 1. The summed E-state index contributed by atoms with van der Waals surface area (Å²) >= 11 is 0. The zero-order chi connectivity index (χ0) is 23.8. The summed E-state index contributed by atoms with van der Waals surface area (Å²) in [4.78, 5) is 32.7. The Kier molecular flexibility index (Phi) is 6.15. The molecule has 0 saturated carbocycles. The average Bonchev–Trinajstić information content (AvgIpc) is 3.20. The van der Waals surface area contributed by atoms with Crippen molar-refractivity contribution in [3.8, 4) is 0 Å². The maximum absolute atomic E-state index is 13.2. The number of nitrogens with zero attached hydrogens (tertiary/aromatic N) is 4. The van der Waals surface area contributed by atoms with Gasteiger partial charge in [-0.25, -0.2) is 9.78 Å². The van der Waals surface area contributed by atoms with E-state index in [-0.39, 0.29) is 23.4 Å². The van der Waals surface area contributed by atoms with E-state index in [2.05, 4.69) is 36.4 Å². The number of carbonyl (C=O) groups excluding carboxylic acids is 1. The van der Waals surface area contributed by atoms with E-state index >= 15 is 0 Å². The van der Waals surface area contributed by atoms with Crippen molar-refractivity contribution in [1.82, 2.24) is 19.4 Å². The predicted molar refractivity (Wildman–Crippen MR) is 128 cm³/mol. The highest BCUT2D eigenvalue weighted by Gasteiger charge is 2.40. The first-order valence-corrected chi connectivity index (χ1v) is 11.4. The second kappa shape index (κ2) is 8.89. The maximum Gasteiger partial charge on any atom is 0.407 e. The fourth-order valence-electron chi connectivity index (χ4n) is 4.80. The third-order valence-electron chi connectivity index (χ3n) is 6.77. The maximum atomic E-state index is 13.2. The van der Waals surface area contributed by atoms with Crippen LogP contribution < -0.4 is 0 Å². The molecule has 1 aliphatic rings. The lowest BCUT2D eigenvalue weighted by atomic mass is 9.79. The molecule has 2 unspecified atom stereocenters. The zero-order valence-electron chi connectivity index (χ0n) is 19.7. The van der Waals surface area contributed by atoms with Gasteiger partial charge in [-0.1, -0.05) is 45.0 Å². The van der Waals surface area contributed by atoms with Gasteiger partial charge in [-0.05, 0) is 48.1 Å². The Hall–Kier alpha value is -3.35. The Morgan fingerprint density at radius 2 is 1.82 bits per heavy atom. The number of likely N-dealkylation sites (tertiary alicyclic amines) is 1. The molecule has 4 rings (SSSR count). The summed E-state index contributed by atoms with van der Waals surface area (Å²) in [7, 11) is 1.83. The van der Waals surface area contributed by atoms with Gasteiger partial charge in [0.2, 0.25) is 0 Å². The third-order valence-corrected chi connectivity index (χ3v) is 6.77. The van der Waals surface area contributed by atoms with Gasteiger partial charge in [0.15, 0.2) is 0 Å². The van der Waals surface area contributed by atoms with Crippen molar-refractivity contribution in [1.29, 1.82) is 0 Å². The van der Waals surface area contributed by atoms with Gasteiger partial charge in [0.05, 0.1) is 17.4 Å². The molecule has 2 atom stereocenters. The van der Waals surface area contributed by atoms with Crippen LogP contribution in [0.4, 0.5) is 4.79 Å². The van der Waals surface area contributed by atoms with E-state index < -0.39 is 6.09 Å². The van der Waals surface area contributed by atoms with Gasteiger partial charge in [-0.15, -0.1) is 0 Å². The Bertz CT molecular complexity index is 1150. The van der Waals surface area contributed by atoms with Gasteiger partial charge in [0.1, 0.15) is 0 Å². The molecule has 1 saturated heterocycles. The molecule has 1 N–H and O–H groups in total. The summed E-state index contributed by atoms with van der Waals surface area (Å²) in [6.07, 6.45) is 2.24. The van der Waals surface area contributed by atoms with Crippen molar-refractivity contribution in [3.05, 3.63) is 66.0 Å². The van der Waals surface area contributed by atoms with Gasteiger partial charge < -0.3 is 19.5 Å². The average molecular weight is 449 g/mol. The van der Waals surface area contributed by atoms with Crippen molar-refractivity contribution >= 4 is 23.0 Å². The van der Waals surface area contributed by atoms with Gasteiger partial charge in [-0.3, -0.25) is 4.79 Å². The van der Waals surface area contributed by atoms with E-state index in [1.54, 1.807) is 4.90 Å². The van der Waals surface area contributed by atoms with Crippen LogP contribution in [0.2, 0.25) is 0 Å². The summed E-state index contributed by atoms with van der Waals surface area (Å²) in [5.41, 5.74) is 3.59. The number of piperidine rings is 1. The van der Waals surface area contributed by atoms with E-state index in [0.29, 0.717) is 31.5 Å². The molecule has 1 aliphatic heterocycles. The number of aromatic nitrogens is 2. The number of carbonyl (C=O) groups is 2. The molecule has 1 aromatic heterocycles. The minimum absolute atomic E-state index is 0.00862. The summed E-state index contributed by atoms with van der Waals surface area (Å²) in [5.74, 6) is -0.0314. The molecule has 2 amide bonds. The number of benzene rings is 2. The van der Waals surface area contributed by atoms with Crippen LogP contribution in [0.15, 0.2) is 54.9 Å². The van der Waals surface area contributed by atoms with Crippen molar-refractivity contribution in [3.63, 3.8) is 0 Å². The van der Waals surface area contributed by atoms with Gasteiger partial charge in [0, 0.05) is 37.8 Å². The molecule has 2 aromatic carbocycles. The zero-order valence-corrected chi connectivity index (χ0v) is 19.7. The second-order valence-corrected chi connectivity index (χ2v) is 10.0. The smallest absolute Gasteiger partial charge is 0.407 e. The number of imidazole rings is 1. The highest BCUT2D eigenvalue weighted by Crippen LogP contribution is 2.34. The Morgan fingerprint density at radius 1 is 1.12 bits per heavy atom. The fraction of sp³-hybridized carbons (Fsp3) is 0.423. The first-order valence-electron chi connectivity index (χ1n) is 11.4. The van der Waals surface area contributed by atoms with Crippen molar-refractivity contribution < 1.29 is 14.7 Å². The van der Waals surface area contributed by atoms with Crippen LogP contribution >= 0.6 is 0 Å². The van der Waals surface area contributed by atoms with Gasteiger partial charge >= 0.3 is 6.09 Å². The normalized spacial score (nSPS) is 19.0. The monoisotopic (exact) mass is 448 g/mol. The molecule has 33 heavy (non-hydrogen) atoms. The number of hydrogen-bond donors (Lipinski definition) is 1. The molecule has 7 heteroatoms. The lowest BCUT2D eigenvalue weighted by molar-refractivity contribution is 0.0245. The lowest BCUT2D eigenvalue weighted by Crippen LogP contribution is -2.56. The molecule has 0 spiro atoms. The van der Waals surface area contributed by atoms with E-state index in [0.717, 1.165) is 16.6 Å². The fourth-order valence-corrected chi connectivity index (χ4v) is 4.80. The lowest BCUT2D eigenvalue weighted by Gasteiger charge is -2.46. The van der Waals surface area contributed by atoms with Crippen molar-refractivity contribution in [2.75, 3.05) is 13.6 Å². The highest BCUT2D eigenvalue weighted by molar-refractivity contribution is 5.94. The summed E-state index contributed by atoms with van der Waals surface area (Å²) in [6.45, 7) is 7.29. The molecular formula is C26H32N4O3. The Balaban J connectivity index is 1.45. The largest absolute Gasteiger partial charge is 0.465 e. The quantitative estimate of drug-likeness (QED) is 0.627. The number of fused-ring (bicyclic) bond motifs is 1. The predicted octanol–water partition coefficient (Wildman–Crippen LogP) is 4.71. The summed E-state index contributed by atoms with van der Waals surface area (Å²) < 4.78 is 2.10. The molecule has 3 aromatic rings. The van der Waals surface area contributed by atoms with Crippen LogP contribution in [-0.2, 0) is 6.54 Å². The summed E-state index contributed by atoms with van der Waals surface area (Å²) in [6, 6.07) is 15.6. The van der Waals surface area contributed by atoms with Crippen LogP contribution in [0.3, 0.4) is 0 Å². The molecule has 0 bridgehead atoms. The Labute approximate surface area is 194 Å². The van der Waals surface area contributed by atoms with Crippen LogP contribution in [-0.4, -0.2) is 62.1 Å². The molecule has 7 nitrogen and oxygen atoms in total. The molecule has 1 fully saturated rings. The van der Waals surface area contributed by atoms with Crippen molar-refractivity contribution in [2.45, 2.75) is 52.2 Å². The standard InChI is InChI=1S/C26H32N4O3/c1-26(2,3)23-15-20(13-14-30(23)25(32)33)28(4)24(31)19-11-9-18(10-12-19)16-29-17-27-21-7-5-6-8-22(21)29/h5-12,17,20,23H,13-16H2,1-4H3,(H,32,33). The number of hydrogen-bond acceptors (Lipinski definition) is 3. The van der Waals surface area contributed by atoms with Gasteiger partial charge in [-0.2, -0.15) is 0 Å². The van der Waals surface area contributed by atoms with Crippen LogP contribution in [0, 0.1) is 5.41 Å². The molecule has 2 heterocycles. The SMILES string of the molecule is CN(C(=O)c1ccc(Cn2cnc3ccccc32)cc1)C1CCN(C(=O)O)C(C(C)(C)C)C1. The van der Waals surface area contributed by atoms with E-state index in [1.165, 1.54) is 4.90 Å². The van der Waals surface area contributed by atoms with Crippen LogP contribution in [0.5, 0.6) is 0 Å². The van der Waals surface area contributed by atoms with E-state index in [1.807, 2.05) is 55.8 Å². The van der Waals surface area contributed by atoms with Crippen LogP contribution in [0.25, 0.3) is 11.0 Å². The minimum Gasteiger partial charge on any atom is -0.465 e. The van der Waals surface area contributed by atoms with E-state index in [4.69, 9.17) is 0 Å². The summed E-state index contributed by atoms with van der Waals surface area (Å²) in [5, 5.41) is 9.60. The molecule has 0 radical (unpaired) electrons. The van der Waals surface area contributed by atoms with Crippen LogP contribution in [0.1, 0.15) is 49.5 Å². The molecule has 0 aliphatic carbocycles. The number of amides is 2. The van der Waals surface area contributed by atoms with Gasteiger partial charge in [0.25, 0.3) is 5.91 Å². The number of rotatable bonds is 4. The Morgan fingerprint density at radius 3 is 2.48 bits per heavy atom. The minimum atomic E-state index is -0.886. The van der Waals surface area contributed by atoms with E-state index in [9.17, 15) is 14.7 Å². The number of para-hydroxylation sites is 2.